The van der Waals surface area contributed by atoms with E-state index in [1.807, 2.05) is 29.9 Å². The molecule has 0 saturated carbocycles. The number of nitrogens with zero attached hydrogens (tertiary/aromatic N) is 4. The first-order valence-electron chi connectivity index (χ1n) is 11.6. The van der Waals surface area contributed by atoms with E-state index >= 15 is 0 Å². The third kappa shape index (κ3) is 4.08. The number of anilines is 2. The van der Waals surface area contributed by atoms with Gasteiger partial charge in [0.2, 0.25) is 5.91 Å². The van der Waals surface area contributed by atoms with Crippen LogP contribution in [0.1, 0.15) is 50.8 Å². The average molecular weight is 424 g/mol. The highest BCUT2D eigenvalue weighted by Gasteiger charge is 2.50. The monoisotopic (exact) mass is 423 g/mol. The molecule has 1 amide bonds. The van der Waals surface area contributed by atoms with Gasteiger partial charge >= 0.3 is 0 Å². The van der Waals surface area contributed by atoms with E-state index in [1.165, 1.54) is 24.9 Å². The Morgan fingerprint density at radius 3 is 2.42 bits per heavy atom. The lowest BCUT2D eigenvalue weighted by molar-refractivity contribution is -0.121. The number of nitrogens with one attached hydrogen (secondary N) is 1. The van der Waals surface area contributed by atoms with Crippen molar-refractivity contribution in [3.05, 3.63) is 42.5 Å². The van der Waals surface area contributed by atoms with Gasteiger partial charge in [0, 0.05) is 56.0 Å². The van der Waals surface area contributed by atoms with Gasteiger partial charge < -0.3 is 19.9 Å². The van der Waals surface area contributed by atoms with Gasteiger partial charge in [-0.05, 0) is 69.2 Å². The normalized spacial score (nSPS) is 28.6. The van der Waals surface area contributed by atoms with Crippen LogP contribution in [-0.2, 0) is 17.4 Å². The van der Waals surface area contributed by atoms with Gasteiger partial charge in [-0.3, -0.25) is 9.69 Å². The molecule has 2 bridgehead atoms. The van der Waals surface area contributed by atoms with Crippen molar-refractivity contribution >= 4 is 17.3 Å². The molecule has 3 saturated heterocycles. The Hall–Kier alpha value is -2.38. The Balaban J connectivity index is 1.19. The second kappa shape index (κ2) is 8.28. The van der Waals surface area contributed by atoms with E-state index in [-0.39, 0.29) is 18.0 Å². The molecular formula is C24H33N5O2. The van der Waals surface area contributed by atoms with Crippen LogP contribution in [0.25, 0.3) is 0 Å². The molecule has 0 aliphatic carbocycles. The van der Waals surface area contributed by atoms with E-state index in [0.717, 1.165) is 37.4 Å². The number of aryl methyl sites for hydroxylation is 1. The molecule has 1 aromatic carbocycles. The Bertz CT molecular complexity index is 904. The van der Waals surface area contributed by atoms with Crippen LogP contribution in [0.4, 0.5) is 11.4 Å². The van der Waals surface area contributed by atoms with E-state index in [1.54, 1.807) is 6.20 Å². The zero-order valence-electron chi connectivity index (χ0n) is 18.3. The van der Waals surface area contributed by atoms with Gasteiger partial charge in [0.1, 0.15) is 11.4 Å². The highest BCUT2D eigenvalue weighted by atomic mass is 16.3. The predicted octanol–water partition coefficient (Wildman–Crippen LogP) is 2.86. The van der Waals surface area contributed by atoms with Crippen molar-refractivity contribution in [3.8, 4) is 0 Å². The smallest absolute Gasteiger partial charge is 0.238 e. The summed E-state index contributed by atoms with van der Waals surface area (Å²) in [5.74, 6) is 0.757. The SMILES string of the molecule is Cn1ccnc1C1(O)CC2CCC(C1)N2CC(=O)Nc1ccc(N2CCCCC2)cc1. The second-order valence-corrected chi connectivity index (χ2v) is 9.50. The van der Waals surface area contributed by atoms with Crippen LogP contribution < -0.4 is 10.2 Å². The summed E-state index contributed by atoms with van der Waals surface area (Å²) in [7, 11) is 1.93. The Morgan fingerprint density at radius 2 is 1.81 bits per heavy atom. The van der Waals surface area contributed by atoms with Crippen LogP contribution in [0.5, 0.6) is 0 Å². The maximum atomic E-state index is 12.8. The lowest BCUT2D eigenvalue weighted by atomic mass is 9.85. The first-order valence-corrected chi connectivity index (χ1v) is 11.6. The highest BCUT2D eigenvalue weighted by molar-refractivity contribution is 5.92. The molecule has 3 aliphatic heterocycles. The van der Waals surface area contributed by atoms with Crippen molar-refractivity contribution < 1.29 is 9.90 Å². The summed E-state index contributed by atoms with van der Waals surface area (Å²) in [5.41, 5.74) is 1.18. The summed E-state index contributed by atoms with van der Waals surface area (Å²) in [5, 5.41) is 14.4. The minimum absolute atomic E-state index is 0.0186. The molecule has 2 atom stereocenters. The fourth-order valence-electron chi connectivity index (χ4n) is 5.84. The Labute approximate surface area is 184 Å². The molecule has 7 heteroatoms. The number of aliphatic hydroxyl groups is 1. The number of imidazole rings is 1. The third-order valence-corrected chi connectivity index (χ3v) is 7.35. The number of carbonyl (C=O) groups excluding carboxylic acids is 1. The fraction of sp³-hybridized carbons (Fsp3) is 0.583. The van der Waals surface area contributed by atoms with Crippen molar-refractivity contribution in [1.29, 1.82) is 0 Å². The lowest BCUT2D eigenvalue weighted by Crippen LogP contribution is -2.52. The van der Waals surface area contributed by atoms with Crippen LogP contribution in [0.2, 0.25) is 0 Å². The topological polar surface area (TPSA) is 73.6 Å². The van der Waals surface area contributed by atoms with Crippen molar-refractivity contribution in [1.82, 2.24) is 14.5 Å². The summed E-state index contributed by atoms with van der Waals surface area (Å²) in [6, 6.07) is 8.66. The van der Waals surface area contributed by atoms with Crippen LogP contribution in [0.3, 0.4) is 0 Å². The first kappa shape index (κ1) is 20.5. The predicted molar refractivity (Wildman–Crippen MR) is 121 cm³/mol. The number of hydrogen-bond acceptors (Lipinski definition) is 5. The van der Waals surface area contributed by atoms with Gasteiger partial charge in [-0.25, -0.2) is 4.98 Å². The van der Waals surface area contributed by atoms with Gasteiger partial charge in [0.25, 0.3) is 0 Å². The summed E-state index contributed by atoms with van der Waals surface area (Å²) in [6.45, 7) is 2.61. The van der Waals surface area contributed by atoms with Crippen molar-refractivity contribution in [2.45, 2.75) is 62.6 Å². The number of aromatic nitrogens is 2. The molecule has 2 aromatic rings. The molecular weight excluding hydrogens is 390 g/mol. The molecule has 2 N–H and O–H groups in total. The Morgan fingerprint density at radius 1 is 1.13 bits per heavy atom. The van der Waals surface area contributed by atoms with Crippen LogP contribution in [-0.4, -0.2) is 57.2 Å². The largest absolute Gasteiger partial charge is 0.382 e. The number of piperidine rings is 2. The zero-order valence-corrected chi connectivity index (χ0v) is 18.3. The van der Waals surface area contributed by atoms with Crippen molar-refractivity contribution in [2.24, 2.45) is 7.05 Å². The van der Waals surface area contributed by atoms with Crippen LogP contribution in [0.15, 0.2) is 36.7 Å². The van der Waals surface area contributed by atoms with E-state index in [2.05, 4.69) is 32.2 Å². The van der Waals surface area contributed by atoms with Gasteiger partial charge in [-0.2, -0.15) is 0 Å². The number of rotatable bonds is 5. The van der Waals surface area contributed by atoms with Crippen LogP contribution >= 0.6 is 0 Å². The molecule has 2 unspecified atom stereocenters. The zero-order chi connectivity index (χ0) is 21.4. The summed E-state index contributed by atoms with van der Waals surface area (Å²) in [4.78, 5) is 21.9. The number of fused-ring (bicyclic) bond motifs is 2. The standard InChI is InChI=1S/C24H33N5O2/c1-27-14-11-25-23(27)24(31)15-20-9-10-21(16-24)29(20)17-22(30)26-18-5-7-19(8-6-18)28-12-3-2-4-13-28/h5-8,11,14,20-21,31H,2-4,9-10,12-13,15-17H2,1H3,(H,26,30). The molecule has 3 fully saturated rings. The van der Waals surface area contributed by atoms with Crippen LogP contribution in [0, 0.1) is 0 Å². The van der Waals surface area contributed by atoms with E-state index in [0.29, 0.717) is 19.4 Å². The van der Waals surface area contributed by atoms with Gasteiger partial charge in [0.05, 0.1) is 6.54 Å². The van der Waals surface area contributed by atoms with E-state index < -0.39 is 5.60 Å². The molecule has 0 radical (unpaired) electrons. The quantitative estimate of drug-likeness (QED) is 0.774. The minimum Gasteiger partial charge on any atom is -0.382 e. The van der Waals surface area contributed by atoms with Crippen molar-refractivity contribution in [3.63, 3.8) is 0 Å². The molecule has 1 aromatic heterocycles. The first-order chi connectivity index (χ1) is 15.0. The van der Waals surface area contributed by atoms with Gasteiger partial charge in [-0.1, -0.05) is 0 Å². The molecule has 3 aliphatic rings. The molecule has 5 rings (SSSR count). The highest BCUT2D eigenvalue weighted by Crippen LogP contribution is 2.45. The molecule has 4 heterocycles. The summed E-state index contributed by atoms with van der Waals surface area (Å²) < 4.78 is 1.91. The molecule has 7 nitrogen and oxygen atoms in total. The van der Waals surface area contributed by atoms with Gasteiger partial charge in [-0.15, -0.1) is 0 Å². The number of hydrogen-bond donors (Lipinski definition) is 2. The van der Waals surface area contributed by atoms with Crippen molar-refractivity contribution in [2.75, 3.05) is 29.9 Å². The number of benzene rings is 1. The summed E-state index contributed by atoms with van der Waals surface area (Å²) in [6.07, 6.45) is 10.8. The van der Waals surface area contributed by atoms with E-state index in [4.69, 9.17) is 0 Å². The van der Waals surface area contributed by atoms with Gasteiger partial charge in [0.15, 0.2) is 0 Å². The second-order valence-electron chi connectivity index (χ2n) is 9.50. The maximum absolute atomic E-state index is 12.8. The molecule has 31 heavy (non-hydrogen) atoms. The number of carbonyl (C=O) groups is 1. The third-order valence-electron chi connectivity index (χ3n) is 7.35. The Kier molecular flexibility index (Phi) is 5.48. The lowest BCUT2D eigenvalue weighted by Gasteiger charge is -2.43. The maximum Gasteiger partial charge on any atom is 0.238 e. The fourth-order valence-corrected chi connectivity index (χ4v) is 5.84. The number of amides is 1. The molecule has 0 spiro atoms. The molecule has 166 valence electrons. The van der Waals surface area contributed by atoms with E-state index in [9.17, 15) is 9.90 Å². The summed E-state index contributed by atoms with van der Waals surface area (Å²) >= 11 is 0. The average Bonchev–Trinajstić information content (AvgIpc) is 3.31. The minimum atomic E-state index is -0.901.